The van der Waals surface area contributed by atoms with E-state index in [0.29, 0.717) is 0 Å². The van der Waals surface area contributed by atoms with Crippen LogP contribution in [0.2, 0.25) is 0 Å². The molecule has 0 aliphatic carbocycles. The average molecular weight is 334 g/mol. The standard InChI is InChI=1S/C17H20BrNO/c1-12-7-8-17(20-3)14(9-12)11-16(19-2)13-5-4-6-15(18)10-13/h4-10,16,19H,11H2,1-3H3. The Balaban J connectivity index is 2.28. The molecule has 0 aromatic heterocycles. The molecule has 0 aliphatic rings. The van der Waals surface area contributed by atoms with Crippen molar-refractivity contribution in [1.82, 2.24) is 5.32 Å². The number of methoxy groups -OCH3 is 1. The number of likely N-dealkylation sites (N-methyl/N-ethyl adjacent to an activating group) is 1. The minimum absolute atomic E-state index is 0.267. The van der Waals surface area contributed by atoms with E-state index in [0.717, 1.165) is 16.6 Å². The van der Waals surface area contributed by atoms with Crippen molar-refractivity contribution in [3.8, 4) is 5.75 Å². The molecular formula is C17H20BrNO. The maximum Gasteiger partial charge on any atom is 0.122 e. The summed E-state index contributed by atoms with van der Waals surface area (Å²) in [5.41, 5.74) is 3.75. The largest absolute Gasteiger partial charge is 0.496 e. The van der Waals surface area contributed by atoms with Crippen molar-refractivity contribution in [3.05, 3.63) is 63.6 Å². The molecule has 106 valence electrons. The maximum absolute atomic E-state index is 5.47. The van der Waals surface area contributed by atoms with E-state index in [-0.39, 0.29) is 6.04 Å². The van der Waals surface area contributed by atoms with Crippen molar-refractivity contribution in [2.45, 2.75) is 19.4 Å². The monoisotopic (exact) mass is 333 g/mol. The predicted octanol–water partition coefficient (Wildman–Crippen LogP) is 4.27. The van der Waals surface area contributed by atoms with Crippen molar-refractivity contribution in [2.75, 3.05) is 14.2 Å². The van der Waals surface area contributed by atoms with Gasteiger partial charge in [-0.15, -0.1) is 0 Å². The van der Waals surface area contributed by atoms with E-state index in [1.54, 1.807) is 7.11 Å². The van der Waals surface area contributed by atoms with E-state index in [2.05, 4.69) is 58.5 Å². The van der Waals surface area contributed by atoms with Gasteiger partial charge in [0.2, 0.25) is 0 Å². The zero-order chi connectivity index (χ0) is 14.5. The molecule has 0 saturated heterocycles. The summed E-state index contributed by atoms with van der Waals surface area (Å²) in [6.45, 7) is 2.11. The number of halogens is 1. The van der Waals surface area contributed by atoms with Crippen molar-refractivity contribution in [3.63, 3.8) is 0 Å². The SMILES string of the molecule is CNC(Cc1cc(C)ccc1OC)c1cccc(Br)c1. The van der Waals surface area contributed by atoms with Crippen molar-refractivity contribution < 1.29 is 4.74 Å². The van der Waals surface area contributed by atoms with Crippen LogP contribution in [0.3, 0.4) is 0 Å². The highest BCUT2D eigenvalue weighted by atomic mass is 79.9. The van der Waals surface area contributed by atoms with Crippen LogP contribution in [-0.2, 0) is 6.42 Å². The fourth-order valence-corrected chi connectivity index (χ4v) is 2.81. The quantitative estimate of drug-likeness (QED) is 0.882. The first kappa shape index (κ1) is 15.1. The molecule has 0 amide bonds. The molecule has 0 aliphatic heterocycles. The van der Waals surface area contributed by atoms with Crippen LogP contribution in [0, 0.1) is 6.92 Å². The van der Waals surface area contributed by atoms with Crippen LogP contribution in [0.25, 0.3) is 0 Å². The third-order valence-corrected chi connectivity index (χ3v) is 3.95. The number of hydrogen-bond acceptors (Lipinski definition) is 2. The minimum Gasteiger partial charge on any atom is -0.496 e. The number of ether oxygens (including phenoxy) is 1. The van der Waals surface area contributed by atoms with E-state index >= 15 is 0 Å². The summed E-state index contributed by atoms with van der Waals surface area (Å²) < 4.78 is 6.57. The molecule has 2 nitrogen and oxygen atoms in total. The van der Waals surface area contributed by atoms with Gasteiger partial charge in [0, 0.05) is 10.5 Å². The zero-order valence-corrected chi connectivity index (χ0v) is 13.7. The summed E-state index contributed by atoms with van der Waals surface area (Å²) in [4.78, 5) is 0. The van der Waals surface area contributed by atoms with Crippen LogP contribution in [0.5, 0.6) is 5.75 Å². The van der Waals surface area contributed by atoms with Gasteiger partial charge in [-0.05, 0) is 49.7 Å². The van der Waals surface area contributed by atoms with Gasteiger partial charge in [0.1, 0.15) is 5.75 Å². The van der Waals surface area contributed by atoms with Crippen molar-refractivity contribution in [1.29, 1.82) is 0 Å². The van der Waals surface area contributed by atoms with Crippen LogP contribution in [0.4, 0.5) is 0 Å². The van der Waals surface area contributed by atoms with Gasteiger partial charge in [0.05, 0.1) is 7.11 Å². The third-order valence-electron chi connectivity index (χ3n) is 3.46. The normalized spacial score (nSPS) is 12.2. The Morgan fingerprint density at radius 3 is 2.65 bits per heavy atom. The Bertz CT molecular complexity index is 583. The average Bonchev–Trinajstić information content (AvgIpc) is 2.45. The summed E-state index contributed by atoms with van der Waals surface area (Å²) in [7, 11) is 3.72. The molecule has 3 heteroatoms. The van der Waals surface area contributed by atoms with Crippen LogP contribution >= 0.6 is 15.9 Å². The highest BCUT2D eigenvalue weighted by Gasteiger charge is 2.13. The number of hydrogen-bond donors (Lipinski definition) is 1. The third kappa shape index (κ3) is 3.62. The van der Waals surface area contributed by atoms with Crippen molar-refractivity contribution in [2.24, 2.45) is 0 Å². The lowest BCUT2D eigenvalue weighted by atomic mass is 9.97. The van der Waals surface area contributed by atoms with Crippen LogP contribution in [-0.4, -0.2) is 14.2 Å². The fraction of sp³-hybridized carbons (Fsp3) is 0.294. The van der Waals surface area contributed by atoms with Gasteiger partial charge in [-0.1, -0.05) is 45.8 Å². The lowest BCUT2D eigenvalue weighted by molar-refractivity contribution is 0.406. The molecule has 1 N–H and O–H groups in total. The fourth-order valence-electron chi connectivity index (χ4n) is 2.40. The van der Waals surface area contributed by atoms with Gasteiger partial charge >= 0.3 is 0 Å². The second-order valence-electron chi connectivity index (χ2n) is 4.92. The summed E-state index contributed by atoms with van der Waals surface area (Å²) in [5, 5.41) is 3.39. The van der Waals surface area contributed by atoms with Gasteiger partial charge < -0.3 is 10.1 Å². The second kappa shape index (κ2) is 6.91. The molecular weight excluding hydrogens is 314 g/mol. The number of nitrogens with one attached hydrogen (secondary N) is 1. The van der Waals surface area contributed by atoms with E-state index in [9.17, 15) is 0 Å². The molecule has 0 bridgehead atoms. The summed E-state index contributed by atoms with van der Waals surface area (Å²) in [5.74, 6) is 0.950. The highest BCUT2D eigenvalue weighted by Crippen LogP contribution is 2.27. The van der Waals surface area contributed by atoms with E-state index < -0.39 is 0 Å². The Labute approximate surface area is 129 Å². The predicted molar refractivity (Wildman–Crippen MR) is 87.4 cm³/mol. The van der Waals surface area contributed by atoms with E-state index in [1.807, 2.05) is 19.2 Å². The highest BCUT2D eigenvalue weighted by molar-refractivity contribution is 9.10. The second-order valence-corrected chi connectivity index (χ2v) is 5.83. The molecule has 0 heterocycles. The summed E-state index contributed by atoms with van der Waals surface area (Å²) >= 11 is 3.53. The molecule has 0 radical (unpaired) electrons. The molecule has 2 aromatic carbocycles. The van der Waals surface area contributed by atoms with Crippen LogP contribution in [0.1, 0.15) is 22.7 Å². The molecule has 2 aromatic rings. The van der Waals surface area contributed by atoms with Gasteiger partial charge in [-0.25, -0.2) is 0 Å². The minimum atomic E-state index is 0.267. The molecule has 0 spiro atoms. The van der Waals surface area contributed by atoms with Crippen LogP contribution < -0.4 is 10.1 Å². The van der Waals surface area contributed by atoms with Gasteiger partial charge in [0.25, 0.3) is 0 Å². The zero-order valence-electron chi connectivity index (χ0n) is 12.1. The molecule has 20 heavy (non-hydrogen) atoms. The van der Waals surface area contributed by atoms with Crippen LogP contribution in [0.15, 0.2) is 46.9 Å². The lowest BCUT2D eigenvalue weighted by Crippen LogP contribution is -2.19. The Morgan fingerprint density at radius 2 is 2.00 bits per heavy atom. The van der Waals surface area contributed by atoms with E-state index in [4.69, 9.17) is 4.74 Å². The Kier molecular flexibility index (Phi) is 5.21. The molecule has 1 atom stereocenters. The van der Waals surface area contributed by atoms with Gasteiger partial charge in [-0.2, -0.15) is 0 Å². The lowest BCUT2D eigenvalue weighted by Gasteiger charge is -2.19. The number of rotatable bonds is 5. The summed E-state index contributed by atoms with van der Waals surface area (Å²) in [6, 6.07) is 15.0. The number of benzene rings is 2. The first-order valence-electron chi connectivity index (χ1n) is 6.70. The Morgan fingerprint density at radius 1 is 1.20 bits per heavy atom. The molecule has 1 unspecified atom stereocenters. The molecule has 0 saturated carbocycles. The maximum atomic E-state index is 5.47. The van der Waals surface area contributed by atoms with Gasteiger partial charge in [0.15, 0.2) is 0 Å². The first-order valence-corrected chi connectivity index (χ1v) is 7.49. The van der Waals surface area contributed by atoms with E-state index in [1.165, 1.54) is 16.7 Å². The van der Waals surface area contributed by atoms with Gasteiger partial charge in [-0.3, -0.25) is 0 Å². The molecule has 0 fully saturated rings. The van der Waals surface area contributed by atoms with Crippen molar-refractivity contribution >= 4 is 15.9 Å². The summed E-state index contributed by atoms with van der Waals surface area (Å²) in [6.07, 6.45) is 0.901. The smallest absolute Gasteiger partial charge is 0.122 e. The molecule has 2 rings (SSSR count). The first-order chi connectivity index (χ1) is 9.63. The Hall–Kier alpha value is -1.32. The number of aryl methyl sites for hydroxylation is 1. The topological polar surface area (TPSA) is 21.3 Å².